The van der Waals surface area contributed by atoms with Crippen molar-refractivity contribution in [1.82, 2.24) is 15.2 Å². The molecule has 0 aliphatic carbocycles. The van der Waals surface area contributed by atoms with Crippen LogP contribution in [0.5, 0.6) is 0 Å². The van der Waals surface area contributed by atoms with Gasteiger partial charge in [-0.15, -0.1) is 0 Å². The first kappa shape index (κ1) is 27.8. The molecule has 1 aromatic heterocycles. The van der Waals surface area contributed by atoms with Gasteiger partial charge in [-0.05, 0) is 54.3 Å². The van der Waals surface area contributed by atoms with E-state index in [2.05, 4.69) is 27.8 Å². The minimum atomic E-state index is -0.786. The first-order valence-corrected chi connectivity index (χ1v) is 14.1. The summed E-state index contributed by atoms with van der Waals surface area (Å²) in [7, 11) is 0. The van der Waals surface area contributed by atoms with Crippen LogP contribution in [-0.2, 0) is 16.0 Å². The van der Waals surface area contributed by atoms with Crippen LogP contribution in [0.15, 0.2) is 103 Å². The van der Waals surface area contributed by atoms with E-state index in [9.17, 15) is 14.4 Å². The topological polar surface area (TPSA) is 91.4 Å². The largest absolute Gasteiger partial charge is 0.340 e. The number of aromatic nitrogens is 1. The Balaban J connectivity index is 1.41. The lowest BCUT2D eigenvalue weighted by Crippen LogP contribution is -2.51. The van der Waals surface area contributed by atoms with E-state index in [1.54, 1.807) is 24.3 Å². The highest BCUT2D eigenvalue weighted by molar-refractivity contribution is 5.99. The Kier molecular flexibility index (Phi) is 8.84. The number of pyridine rings is 1. The molecule has 3 amide bonds. The Morgan fingerprint density at radius 1 is 0.951 bits per heavy atom. The van der Waals surface area contributed by atoms with Gasteiger partial charge in [-0.1, -0.05) is 73.7 Å². The number of carbonyl (C=O) groups is 3. The number of hydrogen-bond donors (Lipinski definition) is 2. The average Bonchev–Trinajstić information content (AvgIpc) is 3.01. The maximum atomic E-state index is 14.2. The lowest BCUT2D eigenvalue weighted by Gasteiger charge is -2.36. The number of nitrogens with zero attached hydrogens (tertiary/aromatic N) is 2. The number of fused-ring (bicyclic) bond motifs is 1. The highest BCUT2D eigenvalue weighted by atomic mass is 16.2. The van der Waals surface area contributed by atoms with Crippen LogP contribution in [0.25, 0.3) is 10.9 Å². The molecule has 7 heteroatoms. The standard InChI is InChI=1S/C34H34N4O3/c1-2-11-32(39)36-28-16-10-15-26(22-28)33(40)37-30(20-24-12-4-3-5-13-24)34(41)38-19-9-8-18-31(38)27-21-25-14-6-7-17-29(25)35-23-27/h3-10,12-17,21-23,30-31H,2,11,18-20H2,1H3,(H,36,39)(H,37,40). The van der Waals surface area contributed by atoms with E-state index in [0.29, 0.717) is 37.1 Å². The third-order valence-electron chi connectivity index (χ3n) is 7.26. The maximum Gasteiger partial charge on any atom is 0.252 e. The summed E-state index contributed by atoms with van der Waals surface area (Å²) in [5.41, 5.74) is 3.73. The van der Waals surface area contributed by atoms with Gasteiger partial charge in [-0.25, -0.2) is 0 Å². The van der Waals surface area contributed by atoms with Crippen molar-refractivity contribution in [2.24, 2.45) is 0 Å². The first-order chi connectivity index (χ1) is 20.0. The van der Waals surface area contributed by atoms with E-state index in [4.69, 9.17) is 0 Å². The highest BCUT2D eigenvalue weighted by Gasteiger charge is 2.32. The van der Waals surface area contributed by atoms with Crippen LogP contribution in [0.2, 0.25) is 0 Å². The number of nitrogens with one attached hydrogen (secondary N) is 2. The summed E-state index contributed by atoms with van der Waals surface area (Å²) in [6.45, 7) is 2.38. The molecule has 0 spiro atoms. The number of benzene rings is 3. The number of hydrogen-bond acceptors (Lipinski definition) is 4. The molecule has 208 valence electrons. The van der Waals surface area contributed by atoms with Crippen molar-refractivity contribution in [3.05, 3.63) is 120 Å². The van der Waals surface area contributed by atoms with Gasteiger partial charge in [-0.2, -0.15) is 0 Å². The van der Waals surface area contributed by atoms with Crippen LogP contribution in [0.4, 0.5) is 5.69 Å². The zero-order valence-corrected chi connectivity index (χ0v) is 23.1. The van der Waals surface area contributed by atoms with Gasteiger partial charge in [0.2, 0.25) is 11.8 Å². The normalized spacial score (nSPS) is 15.3. The lowest BCUT2D eigenvalue weighted by atomic mass is 9.96. The van der Waals surface area contributed by atoms with Crippen LogP contribution in [0.1, 0.15) is 53.7 Å². The van der Waals surface area contributed by atoms with Crippen molar-refractivity contribution < 1.29 is 14.4 Å². The van der Waals surface area contributed by atoms with E-state index < -0.39 is 6.04 Å². The number of carbonyl (C=O) groups excluding carboxylic acids is 3. The molecule has 2 heterocycles. The summed E-state index contributed by atoms with van der Waals surface area (Å²) in [5, 5.41) is 6.86. The Morgan fingerprint density at radius 3 is 2.59 bits per heavy atom. The predicted molar refractivity (Wildman–Crippen MR) is 161 cm³/mol. The fraction of sp³-hybridized carbons (Fsp3) is 0.235. The minimum absolute atomic E-state index is 0.102. The van der Waals surface area contributed by atoms with Crippen LogP contribution in [0.3, 0.4) is 0 Å². The molecule has 4 aromatic rings. The molecule has 41 heavy (non-hydrogen) atoms. The molecule has 1 aliphatic rings. The summed E-state index contributed by atoms with van der Waals surface area (Å²) in [5.74, 6) is -0.631. The van der Waals surface area contributed by atoms with Gasteiger partial charge in [0.1, 0.15) is 6.04 Å². The molecular weight excluding hydrogens is 512 g/mol. The molecule has 2 atom stereocenters. The zero-order valence-electron chi connectivity index (χ0n) is 23.1. The highest BCUT2D eigenvalue weighted by Crippen LogP contribution is 2.30. The molecule has 0 fully saturated rings. The third kappa shape index (κ3) is 6.87. The second-order valence-corrected chi connectivity index (χ2v) is 10.3. The summed E-state index contributed by atoms with van der Waals surface area (Å²) < 4.78 is 0. The van der Waals surface area contributed by atoms with E-state index in [-0.39, 0.29) is 23.8 Å². The van der Waals surface area contributed by atoms with Gasteiger partial charge < -0.3 is 15.5 Å². The molecule has 2 N–H and O–H groups in total. The molecular formula is C34H34N4O3. The number of rotatable bonds is 9. The predicted octanol–water partition coefficient (Wildman–Crippen LogP) is 5.84. The number of para-hydroxylation sites is 1. The minimum Gasteiger partial charge on any atom is -0.340 e. The smallest absolute Gasteiger partial charge is 0.252 e. The SMILES string of the molecule is CCCC(=O)Nc1cccc(C(=O)NC(Cc2ccccc2)C(=O)N2CC=CCC2c2cnc3ccccc3c2)c1. The fourth-order valence-electron chi connectivity index (χ4n) is 5.18. The quantitative estimate of drug-likeness (QED) is 0.258. The van der Waals surface area contributed by atoms with Gasteiger partial charge in [0.15, 0.2) is 0 Å². The third-order valence-corrected chi connectivity index (χ3v) is 7.26. The summed E-state index contributed by atoms with van der Waals surface area (Å²) in [4.78, 5) is 46.2. The molecule has 0 saturated carbocycles. The molecule has 5 rings (SSSR count). The zero-order chi connectivity index (χ0) is 28.6. The van der Waals surface area contributed by atoms with Crippen molar-refractivity contribution in [2.75, 3.05) is 11.9 Å². The first-order valence-electron chi connectivity index (χ1n) is 14.1. The summed E-state index contributed by atoms with van der Waals surface area (Å²) in [6, 6.07) is 25.5. The maximum absolute atomic E-state index is 14.2. The Morgan fingerprint density at radius 2 is 1.76 bits per heavy atom. The molecule has 3 aromatic carbocycles. The van der Waals surface area contributed by atoms with Crippen LogP contribution in [-0.4, -0.2) is 40.2 Å². The van der Waals surface area contributed by atoms with E-state index in [0.717, 1.165) is 28.5 Å². The van der Waals surface area contributed by atoms with Crippen molar-refractivity contribution in [1.29, 1.82) is 0 Å². The van der Waals surface area contributed by atoms with Crippen molar-refractivity contribution in [3.63, 3.8) is 0 Å². The van der Waals surface area contributed by atoms with Crippen LogP contribution < -0.4 is 10.6 Å². The lowest BCUT2D eigenvalue weighted by molar-refractivity contribution is -0.135. The summed E-state index contributed by atoms with van der Waals surface area (Å²) in [6.07, 6.45) is 8.08. The molecule has 7 nitrogen and oxygen atoms in total. The number of anilines is 1. The monoisotopic (exact) mass is 546 g/mol. The van der Waals surface area contributed by atoms with Crippen molar-refractivity contribution >= 4 is 34.3 Å². The Hall–Kier alpha value is -4.78. The summed E-state index contributed by atoms with van der Waals surface area (Å²) >= 11 is 0. The second-order valence-electron chi connectivity index (χ2n) is 10.3. The van der Waals surface area contributed by atoms with Crippen LogP contribution in [0, 0.1) is 0 Å². The second kappa shape index (κ2) is 13.0. The molecule has 0 bridgehead atoms. The van der Waals surface area contributed by atoms with E-state index >= 15 is 0 Å². The van der Waals surface area contributed by atoms with E-state index in [1.165, 1.54) is 0 Å². The van der Waals surface area contributed by atoms with Gasteiger partial charge in [-0.3, -0.25) is 19.4 Å². The van der Waals surface area contributed by atoms with Crippen molar-refractivity contribution in [2.45, 2.75) is 44.7 Å². The fourth-order valence-corrected chi connectivity index (χ4v) is 5.18. The molecule has 0 radical (unpaired) electrons. The molecule has 2 unspecified atom stereocenters. The molecule has 0 saturated heterocycles. The average molecular weight is 547 g/mol. The van der Waals surface area contributed by atoms with Crippen LogP contribution >= 0.6 is 0 Å². The van der Waals surface area contributed by atoms with Gasteiger partial charge in [0, 0.05) is 42.2 Å². The molecule has 1 aliphatic heterocycles. The van der Waals surface area contributed by atoms with Gasteiger partial charge >= 0.3 is 0 Å². The number of amides is 3. The van der Waals surface area contributed by atoms with E-state index in [1.807, 2.05) is 78.7 Å². The Bertz CT molecular complexity index is 1570. The van der Waals surface area contributed by atoms with Gasteiger partial charge in [0.25, 0.3) is 5.91 Å². The van der Waals surface area contributed by atoms with Crippen molar-refractivity contribution in [3.8, 4) is 0 Å². The van der Waals surface area contributed by atoms with Gasteiger partial charge in [0.05, 0.1) is 11.6 Å². The Labute approximate surface area is 240 Å².